The first-order valence-electron chi connectivity index (χ1n) is 5.47. The summed E-state index contributed by atoms with van der Waals surface area (Å²) in [5, 5.41) is 2.70. The molecule has 4 nitrogen and oxygen atoms in total. The number of Topliss-reactive ketones (excluding diaryl/α,β-unsaturated/α-hetero) is 1. The Balaban J connectivity index is 2.51. The molecule has 0 bridgehead atoms. The molecule has 4 heteroatoms. The van der Waals surface area contributed by atoms with Crippen molar-refractivity contribution in [3.8, 4) is 0 Å². The van der Waals surface area contributed by atoms with Gasteiger partial charge in [-0.3, -0.25) is 9.59 Å². The molecule has 1 heterocycles. The fraction of sp³-hybridized carbons (Fsp3) is 0.818. The third-order valence-corrected chi connectivity index (χ3v) is 2.88. The molecule has 1 N–H and O–H groups in total. The van der Waals surface area contributed by atoms with Gasteiger partial charge < -0.3 is 10.1 Å². The molecule has 1 fully saturated rings. The van der Waals surface area contributed by atoms with E-state index in [0.717, 1.165) is 12.8 Å². The SMILES string of the molecule is CCC(=O)C(C)NC(=O)C1(C)CCCO1. The number of rotatable bonds is 4. The second kappa shape index (κ2) is 4.75. The van der Waals surface area contributed by atoms with Crippen molar-refractivity contribution in [2.24, 2.45) is 0 Å². The lowest BCUT2D eigenvalue weighted by atomic mass is 10.0. The molecular weight excluding hydrogens is 194 g/mol. The molecular formula is C11H19NO3. The van der Waals surface area contributed by atoms with Crippen LogP contribution in [0, 0.1) is 0 Å². The standard InChI is InChI=1S/C11H19NO3/c1-4-9(13)8(2)12-10(14)11(3)6-5-7-15-11/h8H,4-7H2,1-3H3,(H,12,14). The van der Waals surface area contributed by atoms with Crippen molar-refractivity contribution in [2.75, 3.05) is 6.61 Å². The summed E-state index contributed by atoms with van der Waals surface area (Å²) in [5.74, 6) is -0.126. The Morgan fingerprint density at radius 1 is 1.53 bits per heavy atom. The number of amides is 1. The van der Waals surface area contributed by atoms with Gasteiger partial charge in [-0.2, -0.15) is 0 Å². The predicted octanol–water partition coefficient (Wildman–Crippen LogP) is 1.04. The van der Waals surface area contributed by atoms with Crippen molar-refractivity contribution in [3.05, 3.63) is 0 Å². The van der Waals surface area contributed by atoms with E-state index in [2.05, 4.69) is 5.32 Å². The van der Waals surface area contributed by atoms with Crippen LogP contribution < -0.4 is 5.32 Å². The van der Waals surface area contributed by atoms with Gasteiger partial charge in [-0.1, -0.05) is 6.92 Å². The summed E-state index contributed by atoms with van der Waals surface area (Å²) < 4.78 is 5.39. The summed E-state index contributed by atoms with van der Waals surface area (Å²) in [6, 6.07) is -0.413. The van der Waals surface area contributed by atoms with Crippen molar-refractivity contribution >= 4 is 11.7 Å². The highest BCUT2D eigenvalue weighted by atomic mass is 16.5. The van der Waals surface area contributed by atoms with Crippen LogP contribution in [-0.4, -0.2) is 29.9 Å². The molecule has 0 aromatic rings. The number of hydrogen-bond acceptors (Lipinski definition) is 3. The molecule has 0 aromatic carbocycles. The number of carbonyl (C=O) groups excluding carboxylic acids is 2. The van der Waals surface area contributed by atoms with Gasteiger partial charge >= 0.3 is 0 Å². The lowest BCUT2D eigenvalue weighted by Crippen LogP contribution is -2.49. The topological polar surface area (TPSA) is 55.4 Å². The first-order chi connectivity index (χ1) is 6.99. The molecule has 2 atom stereocenters. The van der Waals surface area contributed by atoms with E-state index in [1.54, 1.807) is 20.8 Å². The van der Waals surface area contributed by atoms with Gasteiger partial charge in [-0.15, -0.1) is 0 Å². The number of ether oxygens (including phenoxy) is 1. The van der Waals surface area contributed by atoms with Crippen molar-refractivity contribution < 1.29 is 14.3 Å². The van der Waals surface area contributed by atoms with Gasteiger partial charge in [0, 0.05) is 13.0 Å². The number of nitrogens with one attached hydrogen (secondary N) is 1. The first-order valence-corrected chi connectivity index (χ1v) is 5.47. The molecule has 2 unspecified atom stereocenters. The molecule has 1 aliphatic heterocycles. The van der Waals surface area contributed by atoms with Gasteiger partial charge in [0.25, 0.3) is 5.91 Å². The summed E-state index contributed by atoms with van der Waals surface area (Å²) in [5.41, 5.74) is -0.734. The summed E-state index contributed by atoms with van der Waals surface area (Å²) in [6.45, 7) is 5.90. The highest BCUT2D eigenvalue weighted by Gasteiger charge is 2.38. The minimum Gasteiger partial charge on any atom is -0.365 e. The zero-order valence-corrected chi connectivity index (χ0v) is 9.63. The number of hydrogen-bond donors (Lipinski definition) is 1. The van der Waals surface area contributed by atoms with Crippen molar-refractivity contribution in [1.82, 2.24) is 5.32 Å². The highest BCUT2D eigenvalue weighted by Crippen LogP contribution is 2.25. The molecule has 86 valence electrons. The third-order valence-electron chi connectivity index (χ3n) is 2.88. The van der Waals surface area contributed by atoms with Crippen LogP contribution in [0.5, 0.6) is 0 Å². The summed E-state index contributed by atoms with van der Waals surface area (Å²) in [6.07, 6.45) is 2.07. The van der Waals surface area contributed by atoms with E-state index in [1.807, 2.05) is 0 Å². The first kappa shape index (κ1) is 12.2. The molecule has 0 aliphatic carbocycles. The van der Waals surface area contributed by atoms with Crippen LogP contribution in [0.25, 0.3) is 0 Å². The maximum Gasteiger partial charge on any atom is 0.252 e. The Kier molecular flexibility index (Phi) is 3.85. The number of ketones is 1. The van der Waals surface area contributed by atoms with E-state index in [0.29, 0.717) is 13.0 Å². The fourth-order valence-corrected chi connectivity index (χ4v) is 1.69. The van der Waals surface area contributed by atoms with Gasteiger partial charge in [0.15, 0.2) is 5.78 Å². The Morgan fingerprint density at radius 3 is 2.67 bits per heavy atom. The molecule has 0 saturated carbocycles. The van der Waals surface area contributed by atoms with E-state index in [1.165, 1.54) is 0 Å². The monoisotopic (exact) mass is 213 g/mol. The van der Waals surface area contributed by atoms with Crippen molar-refractivity contribution in [1.29, 1.82) is 0 Å². The van der Waals surface area contributed by atoms with Crippen LogP contribution in [0.1, 0.15) is 40.0 Å². The van der Waals surface area contributed by atoms with Gasteiger partial charge in [0.2, 0.25) is 0 Å². The predicted molar refractivity (Wildman–Crippen MR) is 56.5 cm³/mol. The van der Waals surface area contributed by atoms with Crippen LogP contribution >= 0.6 is 0 Å². The Morgan fingerprint density at radius 2 is 2.20 bits per heavy atom. The third kappa shape index (κ3) is 2.78. The molecule has 0 aromatic heterocycles. The summed E-state index contributed by atoms with van der Waals surface area (Å²) in [4.78, 5) is 23.1. The van der Waals surface area contributed by atoms with E-state index in [4.69, 9.17) is 4.74 Å². The minimum absolute atomic E-state index is 0.0462. The zero-order valence-electron chi connectivity index (χ0n) is 9.63. The van der Waals surface area contributed by atoms with Crippen molar-refractivity contribution in [3.63, 3.8) is 0 Å². The maximum absolute atomic E-state index is 11.8. The lowest BCUT2D eigenvalue weighted by Gasteiger charge is -2.24. The molecule has 0 radical (unpaired) electrons. The van der Waals surface area contributed by atoms with Gasteiger partial charge in [-0.25, -0.2) is 0 Å². The van der Waals surface area contributed by atoms with Gasteiger partial charge in [0.05, 0.1) is 6.04 Å². The van der Waals surface area contributed by atoms with Crippen LogP contribution in [0.2, 0.25) is 0 Å². The van der Waals surface area contributed by atoms with Crippen molar-refractivity contribution in [2.45, 2.75) is 51.7 Å². The Bertz CT molecular complexity index is 257. The van der Waals surface area contributed by atoms with Crippen LogP contribution in [0.15, 0.2) is 0 Å². The molecule has 0 spiro atoms. The van der Waals surface area contributed by atoms with Crippen LogP contribution in [0.4, 0.5) is 0 Å². The zero-order chi connectivity index (χ0) is 11.5. The van der Waals surface area contributed by atoms with Crippen LogP contribution in [0.3, 0.4) is 0 Å². The fourth-order valence-electron chi connectivity index (χ4n) is 1.69. The quantitative estimate of drug-likeness (QED) is 0.759. The highest BCUT2D eigenvalue weighted by molar-refractivity contribution is 5.91. The van der Waals surface area contributed by atoms with E-state index >= 15 is 0 Å². The Labute approximate surface area is 90.4 Å². The van der Waals surface area contributed by atoms with Crippen LogP contribution in [-0.2, 0) is 14.3 Å². The van der Waals surface area contributed by atoms with E-state index in [-0.39, 0.29) is 11.7 Å². The van der Waals surface area contributed by atoms with Gasteiger partial charge in [0.1, 0.15) is 5.60 Å². The van der Waals surface area contributed by atoms with Gasteiger partial charge in [-0.05, 0) is 26.7 Å². The molecule has 15 heavy (non-hydrogen) atoms. The second-order valence-electron chi connectivity index (χ2n) is 4.20. The molecule has 1 rings (SSSR count). The second-order valence-corrected chi connectivity index (χ2v) is 4.20. The number of carbonyl (C=O) groups is 2. The minimum atomic E-state index is -0.734. The van der Waals surface area contributed by atoms with E-state index in [9.17, 15) is 9.59 Å². The molecule has 1 saturated heterocycles. The largest absolute Gasteiger partial charge is 0.365 e. The summed E-state index contributed by atoms with van der Waals surface area (Å²) >= 11 is 0. The average molecular weight is 213 g/mol. The normalized spacial score (nSPS) is 27.4. The lowest BCUT2D eigenvalue weighted by molar-refractivity contribution is -0.141. The van der Waals surface area contributed by atoms with E-state index < -0.39 is 11.6 Å². The molecule has 1 aliphatic rings. The average Bonchev–Trinajstić information content (AvgIpc) is 2.65. The Hall–Kier alpha value is -0.900. The summed E-state index contributed by atoms with van der Waals surface area (Å²) in [7, 11) is 0. The maximum atomic E-state index is 11.8. The smallest absolute Gasteiger partial charge is 0.252 e. The molecule has 1 amide bonds.